The predicted octanol–water partition coefficient (Wildman–Crippen LogP) is 4.41. The highest BCUT2D eigenvalue weighted by Crippen LogP contribution is 2.27. The zero-order chi connectivity index (χ0) is 12.1. The third-order valence-corrected chi connectivity index (χ3v) is 5.03. The Morgan fingerprint density at radius 3 is 2.82 bits per heavy atom. The Morgan fingerprint density at radius 1 is 1.29 bits per heavy atom. The average Bonchev–Trinajstić information content (AvgIpc) is 2.81. The molecule has 0 bridgehead atoms. The zero-order valence-corrected chi connectivity index (χ0v) is 12.3. The average molecular weight is 327 g/mol. The van der Waals surface area contributed by atoms with E-state index in [0.29, 0.717) is 12.2 Å². The Balaban J connectivity index is 1.86. The summed E-state index contributed by atoms with van der Waals surface area (Å²) in [5.41, 5.74) is 1.12. The number of ketones is 1. The highest BCUT2D eigenvalue weighted by Gasteiger charge is 2.06. The van der Waals surface area contributed by atoms with E-state index < -0.39 is 0 Å². The second-order valence-corrected chi connectivity index (χ2v) is 6.22. The molecule has 0 aliphatic carbocycles. The van der Waals surface area contributed by atoms with Crippen LogP contribution < -0.4 is 0 Å². The van der Waals surface area contributed by atoms with Crippen molar-refractivity contribution in [3.8, 4) is 0 Å². The Kier molecular flexibility index (Phi) is 4.83. The van der Waals surface area contributed by atoms with Gasteiger partial charge in [0, 0.05) is 15.8 Å². The second-order valence-electron chi connectivity index (χ2n) is 3.57. The highest BCUT2D eigenvalue weighted by atomic mass is 79.9. The van der Waals surface area contributed by atoms with Gasteiger partial charge < -0.3 is 0 Å². The van der Waals surface area contributed by atoms with Crippen LogP contribution in [0, 0.1) is 0 Å². The lowest BCUT2D eigenvalue weighted by Gasteiger charge is -2.03. The van der Waals surface area contributed by atoms with Crippen molar-refractivity contribution in [1.29, 1.82) is 0 Å². The molecule has 1 aromatic heterocycles. The van der Waals surface area contributed by atoms with Crippen LogP contribution in [0.15, 0.2) is 50.5 Å². The van der Waals surface area contributed by atoms with Crippen molar-refractivity contribution in [2.75, 3.05) is 5.75 Å². The highest BCUT2D eigenvalue weighted by molar-refractivity contribution is 9.10. The molecule has 2 aromatic rings. The van der Waals surface area contributed by atoms with Crippen LogP contribution in [-0.2, 0) is 11.2 Å². The van der Waals surface area contributed by atoms with Crippen LogP contribution in [-0.4, -0.2) is 11.5 Å². The van der Waals surface area contributed by atoms with Crippen molar-refractivity contribution in [2.45, 2.75) is 11.3 Å². The number of rotatable bonds is 5. The first-order valence-electron chi connectivity index (χ1n) is 5.16. The first-order valence-corrected chi connectivity index (χ1v) is 7.88. The summed E-state index contributed by atoms with van der Waals surface area (Å²) in [6.45, 7) is 0. The summed E-state index contributed by atoms with van der Waals surface area (Å²) >= 11 is 6.69. The normalized spacial score (nSPS) is 10.4. The van der Waals surface area contributed by atoms with Crippen molar-refractivity contribution in [3.63, 3.8) is 0 Å². The molecule has 17 heavy (non-hydrogen) atoms. The minimum atomic E-state index is 0.268. The van der Waals surface area contributed by atoms with Gasteiger partial charge in [0.2, 0.25) is 0 Å². The van der Waals surface area contributed by atoms with E-state index >= 15 is 0 Å². The van der Waals surface area contributed by atoms with Crippen molar-refractivity contribution < 1.29 is 4.79 Å². The summed E-state index contributed by atoms with van der Waals surface area (Å²) in [5, 5.41) is 4.03. The molecule has 0 aliphatic rings. The zero-order valence-electron chi connectivity index (χ0n) is 9.06. The molecule has 1 heterocycles. The molecular formula is C13H11BrOS2. The monoisotopic (exact) mass is 326 g/mol. The number of thiophene rings is 1. The standard InChI is InChI=1S/C13H11BrOS2/c14-12-3-1-2-4-13(12)17-9-11(15)7-10-5-6-16-8-10/h1-6,8H,7,9H2. The van der Waals surface area contributed by atoms with E-state index in [9.17, 15) is 4.79 Å². The molecule has 88 valence electrons. The summed E-state index contributed by atoms with van der Waals surface area (Å²) in [6, 6.07) is 9.97. The lowest BCUT2D eigenvalue weighted by molar-refractivity contribution is -0.115. The lowest BCUT2D eigenvalue weighted by atomic mass is 10.2. The van der Waals surface area contributed by atoms with Crippen LogP contribution in [0.1, 0.15) is 5.56 Å². The van der Waals surface area contributed by atoms with Crippen LogP contribution in [0.2, 0.25) is 0 Å². The van der Waals surface area contributed by atoms with Gasteiger partial charge in [-0.1, -0.05) is 12.1 Å². The van der Waals surface area contributed by atoms with Gasteiger partial charge in [0.25, 0.3) is 0 Å². The van der Waals surface area contributed by atoms with Crippen LogP contribution in [0.3, 0.4) is 0 Å². The Bertz CT molecular complexity index is 494. The number of hydrogen-bond donors (Lipinski definition) is 0. The molecule has 0 N–H and O–H groups in total. The molecule has 0 spiro atoms. The molecule has 1 nitrogen and oxygen atoms in total. The fraction of sp³-hybridized carbons (Fsp3) is 0.154. The predicted molar refractivity (Wildman–Crippen MR) is 77.9 cm³/mol. The first kappa shape index (κ1) is 12.9. The lowest BCUT2D eigenvalue weighted by Crippen LogP contribution is -2.04. The van der Waals surface area contributed by atoms with Gasteiger partial charge in [0.15, 0.2) is 0 Å². The van der Waals surface area contributed by atoms with Gasteiger partial charge in [-0.05, 0) is 50.5 Å². The summed E-state index contributed by atoms with van der Waals surface area (Å²) in [4.78, 5) is 12.9. The Hall–Kier alpha value is -0.580. The van der Waals surface area contributed by atoms with E-state index in [1.54, 1.807) is 23.1 Å². The van der Waals surface area contributed by atoms with Crippen LogP contribution >= 0.6 is 39.0 Å². The van der Waals surface area contributed by atoms with Crippen molar-refractivity contribution in [3.05, 3.63) is 51.1 Å². The van der Waals surface area contributed by atoms with E-state index in [1.165, 1.54) is 0 Å². The van der Waals surface area contributed by atoms with Crippen LogP contribution in [0.5, 0.6) is 0 Å². The smallest absolute Gasteiger partial charge is 0.147 e. The number of carbonyl (C=O) groups is 1. The number of Topliss-reactive ketones (excluding diaryl/α,β-unsaturated/α-hetero) is 1. The van der Waals surface area contributed by atoms with E-state index in [1.807, 2.05) is 41.1 Å². The maximum absolute atomic E-state index is 11.8. The van der Waals surface area contributed by atoms with Crippen molar-refractivity contribution in [2.24, 2.45) is 0 Å². The number of hydrogen-bond acceptors (Lipinski definition) is 3. The molecule has 2 rings (SSSR count). The van der Waals surface area contributed by atoms with Crippen LogP contribution in [0.4, 0.5) is 0 Å². The molecular weight excluding hydrogens is 316 g/mol. The molecule has 0 aliphatic heterocycles. The van der Waals surface area contributed by atoms with Gasteiger partial charge in [-0.2, -0.15) is 11.3 Å². The quantitative estimate of drug-likeness (QED) is 0.757. The van der Waals surface area contributed by atoms with E-state index in [-0.39, 0.29) is 5.78 Å². The maximum atomic E-state index is 11.8. The van der Waals surface area contributed by atoms with Gasteiger partial charge in [0.1, 0.15) is 5.78 Å². The van der Waals surface area contributed by atoms with Crippen molar-refractivity contribution in [1.82, 2.24) is 0 Å². The topological polar surface area (TPSA) is 17.1 Å². The van der Waals surface area contributed by atoms with Gasteiger partial charge in [0.05, 0.1) is 5.75 Å². The fourth-order valence-electron chi connectivity index (χ4n) is 1.39. The summed E-state index contributed by atoms with van der Waals surface area (Å²) < 4.78 is 1.05. The largest absolute Gasteiger partial charge is 0.298 e. The van der Waals surface area contributed by atoms with E-state index in [4.69, 9.17) is 0 Å². The number of benzene rings is 1. The molecule has 0 fully saturated rings. The Labute approximate surface area is 117 Å². The molecule has 0 radical (unpaired) electrons. The molecule has 0 saturated carbocycles. The first-order chi connectivity index (χ1) is 8.25. The molecule has 0 unspecified atom stereocenters. The molecule has 0 saturated heterocycles. The summed E-state index contributed by atoms with van der Waals surface area (Å²) in [6.07, 6.45) is 0.543. The van der Waals surface area contributed by atoms with Gasteiger partial charge in [-0.3, -0.25) is 4.79 Å². The van der Waals surface area contributed by atoms with Crippen molar-refractivity contribution >= 4 is 44.8 Å². The summed E-state index contributed by atoms with van der Waals surface area (Å²) in [7, 11) is 0. The minimum absolute atomic E-state index is 0.268. The number of carbonyl (C=O) groups excluding carboxylic acids is 1. The third kappa shape index (κ3) is 3.98. The van der Waals surface area contributed by atoms with Gasteiger partial charge in [-0.25, -0.2) is 0 Å². The second kappa shape index (κ2) is 6.38. The van der Waals surface area contributed by atoms with Gasteiger partial charge >= 0.3 is 0 Å². The minimum Gasteiger partial charge on any atom is -0.298 e. The van der Waals surface area contributed by atoms with Gasteiger partial charge in [-0.15, -0.1) is 11.8 Å². The SMILES string of the molecule is O=C(CSc1ccccc1Br)Cc1ccsc1. The number of thioether (sulfide) groups is 1. The Morgan fingerprint density at radius 2 is 2.12 bits per heavy atom. The molecule has 1 aromatic carbocycles. The fourth-order valence-corrected chi connectivity index (χ4v) is 3.49. The molecule has 0 atom stereocenters. The molecule has 0 amide bonds. The summed E-state index contributed by atoms with van der Waals surface area (Å²) in [5.74, 6) is 0.794. The molecule has 4 heteroatoms. The van der Waals surface area contributed by atoms with E-state index in [0.717, 1.165) is 14.9 Å². The van der Waals surface area contributed by atoms with E-state index in [2.05, 4.69) is 15.9 Å². The van der Waals surface area contributed by atoms with Crippen LogP contribution in [0.25, 0.3) is 0 Å². The maximum Gasteiger partial charge on any atom is 0.147 e. The third-order valence-electron chi connectivity index (χ3n) is 2.21. The number of halogens is 1.